The molecule has 1 saturated heterocycles. The van der Waals surface area contributed by atoms with Gasteiger partial charge in [0.15, 0.2) is 12.2 Å². The first-order chi connectivity index (χ1) is 11.4. The van der Waals surface area contributed by atoms with Crippen molar-refractivity contribution in [3.8, 4) is 11.5 Å². The minimum Gasteiger partial charge on any atom is -0.494 e. The van der Waals surface area contributed by atoms with E-state index in [1.54, 1.807) is 24.3 Å². The van der Waals surface area contributed by atoms with Crippen molar-refractivity contribution in [1.29, 1.82) is 0 Å². The van der Waals surface area contributed by atoms with Crippen LogP contribution in [0.2, 0.25) is 0 Å². The molecule has 1 aliphatic rings. The first-order valence-electron chi connectivity index (χ1n) is 8.04. The molecule has 1 aromatic rings. The maximum atomic E-state index is 12.1. The largest absolute Gasteiger partial charge is 0.494 e. The van der Waals surface area contributed by atoms with Crippen LogP contribution >= 0.6 is 0 Å². The van der Waals surface area contributed by atoms with E-state index in [1.165, 1.54) is 4.90 Å². The summed E-state index contributed by atoms with van der Waals surface area (Å²) in [5.74, 6) is -0.157. The number of likely N-dealkylation sites (tertiary alicyclic amines) is 1. The topological polar surface area (TPSA) is 96.3 Å². The molecule has 1 aromatic carbocycles. The van der Waals surface area contributed by atoms with Crippen LogP contribution in [0.25, 0.3) is 0 Å². The maximum Gasteiger partial charge on any atom is 0.335 e. The number of carboxylic acids is 1. The van der Waals surface area contributed by atoms with E-state index in [-0.39, 0.29) is 38.4 Å². The highest BCUT2D eigenvalue weighted by atomic mass is 16.5. The molecular formula is C17H23NO6. The molecule has 0 radical (unpaired) electrons. The monoisotopic (exact) mass is 337 g/mol. The van der Waals surface area contributed by atoms with E-state index < -0.39 is 11.6 Å². The van der Waals surface area contributed by atoms with Crippen LogP contribution in [0.15, 0.2) is 24.3 Å². The Balaban J connectivity index is 1.78. The Bertz CT molecular complexity index is 563. The van der Waals surface area contributed by atoms with Gasteiger partial charge in [-0.05, 0) is 30.7 Å². The third-order valence-electron chi connectivity index (χ3n) is 4.00. The molecule has 0 unspecified atom stereocenters. The van der Waals surface area contributed by atoms with Gasteiger partial charge in [0.2, 0.25) is 0 Å². The van der Waals surface area contributed by atoms with Gasteiger partial charge in [-0.25, -0.2) is 4.79 Å². The van der Waals surface area contributed by atoms with Crippen LogP contribution in [-0.2, 0) is 9.59 Å². The number of amides is 1. The molecule has 2 N–H and O–H groups in total. The molecule has 132 valence electrons. The Kier molecular flexibility index (Phi) is 6.03. The lowest BCUT2D eigenvalue weighted by molar-refractivity contribution is -0.165. The third-order valence-corrected chi connectivity index (χ3v) is 4.00. The highest BCUT2D eigenvalue weighted by Crippen LogP contribution is 2.23. The molecule has 0 aliphatic carbocycles. The van der Waals surface area contributed by atoms with Crippen molar-refractivity contribution >= 4 is 11.9 Å². The number of nitrogens with zero attached hydrogens (tertiary/aromatic N) is 1. The summed E-state index contributed by atoms with van der Waals surface area (Å²) in [6, 6.07) is 7.03. The Hall–Kier alpha value is -2.28. The van der Waals surface area contributed by atoms with E-state index >= 15 is 0 Å². The second-order valence-electron chi connectivity index (χ2n) is 5.83. The Morgan fingerprint density at radius 2 is 1.67 bits per heavy atom. The quantitative estimate of drug-likeness (QED) is 0.778. The van der Waals surface area contributed by atoms with Crippen molar-refractivity contribution in [3.63, 3.8) is 0 Å². The van der Waals surface area contributed by atoms with Crippen molar-refractivity contribution in [1.82, 2.24) is 4.90 Å². The first kappa shape index (κ1) is 18.1. The fourth-order valence-corrected chi connectivity index (χ4v) is 2.43. The molecule has 7 heteroatoms. The number of aliphatic carboxylic acids is 1. The molecule has 0 atom stereocenters. The zero-order chi connectivity index (χ0) is 17.6. The van der Waals surface area contributed by atoms with Crippen molar-refractivity contribution in [2.24, 2.45) is 0 Å². The summed E-state index contributed by atoms with van der Waals surface area (Å²) in [6.45, 7) is 2.96. The van der Waals surface area contributed by atoms with Gasteiger partial charge in [-0.2, -0.15) is 0 Å². The molecule has 0 spiro atoms. The van der Waals surface area contributed by atoms with Crippen LogP contribution in [0.3, 0.4) is 0 Å². The van der Waals surface area contributed by atoms with Gasteiger partial charge >= 0.3 is 5.97 Å². The van der Waals surface area contributed by atoms with Crippen molar-refractivity contribution < 1.29 is 29.3 Å². The lowest BCUT2D eigenvalue weighted by atomic mass is 9.92. The number of carboxylic acid groups (broad SMARTS) is 1. The van der Waals surface area contributed by atoms with Gasteiger partial charge in [-0.15, -0.1) is 0 Å². The van der Waals surface area contributed by atoms with E-state index in [4.69, 9.17) is 14.6 Å². The summed E-state index contributed by atoms with van der Waals surface area (Å²) < 4.78 is 10.9. The van der Waals surface area contributed by atoms with E-state index in [2.05, 4.69) is 0 Å². The molecule has 1 heterocycles. The molecule has 0 aromatic heterocycles. The predicted octanol–water partition coefficient (Wildman–Crippen LogP) is 1.29. The second-order valence-corrected chi connectivity index (χ2v) is 5.83. The highest BCUT2D eigenvalue weighted by molar-refractivity contribution is 5.80. The molecule has 7 nitrogen and oxygen atoms in total. The summed E-state index contributed by atoms with van der Waals surface area (Å²) in [4.78, 5) is 24.6. The molecule has 0 bridgehead atoms. The van der Waals surface area contributed by atoms with Crippen LogP contribution in [-0.4, -0.2) is 58.9 Å². The van der Waals surface area contributed by atoms with Crippen LogP contribution in [0.1, 0.15) is 26.2 Å². The molecule has 1 aliphatic heterocycles. The molecule has 1 fully saturated rings. The molecule has 1 amide bonds. The van der Waals surface area contributed by atoms with Crippen LogP contribution in [0.5, 0.6) is 11.5 Å². The predicted molar refractivity (Wildman–Crippen MR) is 86.1 cm³/mol. The Morgan fingerprint density at radius 3 is 2.17 bits per heavy atom. The molecule has 24 heavy (non-hydrogen) atoms. The summed E-state index contributed by atoms with van der Waals surface area (Å²) in [5.41, 5.74) is -1.73. The summed E-state index contributed by atoms with van der Waals surface area (Å²) in [6.07, 6.45) is 0.981. The lowest BCUT2D eigenvalue weighted by Crippen LogP contribution is -2.51. The number of carbonyl (C=O) groups excluding carboxylic acids is 1. The average Bonchev–Trinajstić information content (AvgIpc) is 2.59. The van der Waals surface area contributed by atoms with E-state index in [0.717, 1.165) is 12.2 Å². The smallest absolute Gasteiger partial charge is 0.335 e. The Morgan fingerprint density at radius 1 is 1.12 bits per heavy atom. The van der Waals surface area contributed by atoms with Gasteiger partial charge in [0.05, 0.1) is 6.61 Å². The maximum absolute atomic E-state index is 12.1. The lowest BCUT2D eigenvalue weighted by Gasteiger charge is -2.35. The normalized spacial score (nSPS) is 16.5. The minimum absolute atomic E-state index is 0.0253. The number of aliphatic hydroxyl groups is 1. The van der Waals surface area contributed by atoms with Crippen molar-refractivity contribution in [2.45, 2.75) is 31.8 Å². The zero-order valence-corrected chi connectivity index (χ0v) is 13.7. The number of hydrogen-bond donors (Lipinski definition) is 2. The third kappa shape index (κ3) is 4.61. The summed E-state index contributed by atoms with van der Waals surface area (Å²) in [5, 5.41) is 18.8. The average molecular weight is 337 g/mol. The van der Waals surface area contributed by atoms with E-state index in [9.17, 15) is 14.7 Å². The van der Waals surface area contributed by atoms with Crippen LogP contribution in [0.4, 0.5) is 0 Å². The second kappa shape index (κ2) is 8.01. The zero-order valence-electron chi connectivity index (χ0n) is 13.7. The van der Waals surface area contributed by atoms with Gasteiger partial charge in [-0.3, -0.25) is 4.79 Å². The van der Waals surface area contributed by atoms with Gasteiger partial charge < -0.3 is 24.6 Å². The molecular weight excluding hydrogens is 314 g/mol. The van der Waals surface area contributed by atoms with Gasteiger partial charge in [0, 0.05) is 25.9 Å². The number of benzene rings is 1. The van der Waals surface area contributed by atoms with Gasteiger partial charge in [0.1, 0.15) is 11.5 Å². The van der Waals surface area contributed by atoms with Crippen molar-refractivity contribution in [2.75, 3.05) is 26.3 Å². The number of piperidine rings is 1. The summed E-state index contributed by atoms with van der Waals surface area (Å²) >= 11 is 0. The Labute approximate surface area is 140 Å². The fourth-order valence-electron chi connectivity index (χ4n) is 2.43. The number of rotatable bonds is 7. The number of carbonyl (C=O) groups is 2. The van der Waals surface area contributed by atoms with Crippen LogP contribution < -0.4 is 9.47 Å². The minimum atomic E-state index is -1.73. The van der Waals surface area contributed by atoms with Gasteiger partial charge in [-0.1, -0.05) is 6.92 Å². The fraction of sp³-hybridized carbons (Fsp3) is 0.529. The standard InChI is InChI=1S/C17H23NO6/c1-2-11-23-13-3-5-14(6-4-13)24-12-15(19)18-9-7-17(22,8-10-18)16(20)21/h3-6,22H,2,7-12H2,1H3,(H,20,21). The highest BCUT2D eigenvalue weighted by Gasteiger charge is 2.40. The van der Waals surface area contributed by atoms with E-state index in [1.807, 2.05) is 6.92 Å². The van der Waals surface area contributed by atoms with Gasteiger partial charge in [0.25, 0.3) is 5.91 Å². The van der Waals surface area contributed by atoms with Crippen molar-refractivity contribution in [3.05, 3.63) is 24.3 Å². The number of ether oxygens (including phenoxy) is 2. The SMILES string of the molecule is CCCOc1ccc(OCC(=O)N2CCC(O)(C(=O)O)CC2)cc1. The molecule has 2 rings (SSSR count). The molecule has 0 saturated carbocycles. The first-order valence-corrected chi connectivity index (χ1v) is 8.04. The summed E-state index contributed by atoms with van der Waals surface area (Å²) in [7, 11) is 0. The van der Waals surface area contributed by atoms with Crippen LogP contribution in [0, 0.1) is 0 Å². The van der Waals surface area contributed by atoms with E-state index in [0.29, 0.717) is 12.4 Å². The number of hydrogen-bond acceptors (Lipinski definition) is 5.